The molecule has 0 saturated carbocycles. The monoisotopic (exact) mass is 287 g/mol. The van der Waals surface area contributed by atoms with Crippen molar-refractivity contribution in [2.75, 3.05) is 0 Å². The molecule has 0 bridgehead atoms. The molecule has 1 heterocycles. The van der Waals surface area contributed by atoms with Crippen LogP contribution in [0.4, 0.5) is 0 Å². The first kappa shape index (κ1) is 14.8. The van der Waals surface area contributed by atoms with E-state index < -0.39 is 17.9 Å². The molecule has 1 amide bonds. The highest BCUT2D eigenvalue weighted by Crippen LogP contribution is 2.12. The lowest BCUT2D eigenvalue weighted by molar-refractivity contribution is -0.139. The van der Waals surface area contributed by atoms with Gasteiger partial charge in [0.05, 0.1) is 11.8 Å². The number of rotatable bonds is 6. The molecule has 1 aromatic carbocycles. The minimum Gasteiger partial charge on any atom is -0.480 e. The summed E-state index contributed by atoms with van der Waals surface area (Å²) < 4.78 is 5.19. The van der Waals surface area contributed by atoms with Crippen LogP contribution in [0.2, 0.25) is 0 Å². The lowest BCUT2D eigenvalue weighted by Gasteiger charge is -2.14. The van der Waals surface area contributed by atoms with Gasteiger partial charge in [0.1, 0.15) is 11.8 Å². The maximum absolute atomic E-state index is 12.2. The molecule has 1 atom stereocenters. The summed E-state index contributed by atoms with van der Waals surface area (Å²) in [6, 6.07) is 9.77. The normalized spacial score (nSPS) is 11.9. The summed E-state index contributed by atoms with van der Waals surface area (Å²) in [7, 11) is 0. The highest BCUT2D eigenvalue weighted by atomic mass is 16.4. The van der Waals surface area contributed by atoms with Crippen LogP contribution in [-0.2, 0) is 17.6 Å². The Bertz CT molecular complexity index is 618. The molecule has 110 valence electrons. The summed E-state index contributed by atoms with van der Waals surface area (Å²) in [5.41, 5.74) is 1.24. The van der Waals surface area contributed by atoms with Crippen LogP contribution in [0.3, 0.4) is 0 Å². The average Bonchev–Trinajstić information content (AvgIpc) is 2.96. The van der Waals surface area contributed by atoms with Gasteiger partial charge in [0.15, 0.2) is 0 Å². The molecular weight excluding hydrogens is 270 g/mol. The van der Waals surface area contributed by atoms with Crippen LogP contribution < -0.4 is 5.32 Å². The van der Waals surface area contributed by atoms with Gasteiger partial charge in [0.25, 0.3) is 5.91 Å². The minimum absolute atomic E-state index is 0.237. The van der Waals surface area contributed by atoms with Crippen molar-refractivity contribution in [1.82, 2.24) is 5.32 Å². The number of furan rings is 1. The van der Waals surface area contributed by atoms with Gasteiger partial charge in [-0.3, -0.25) is 4.79 Å². The zero-order valence-electron chi connectivity index (χ0n) is 11.7. The maximum atomic E-state index is 12.2. The number of aryl methyl sites for hydroxylation is 1. The summed E-state index contributed by atoms with van der Waals surface area (Å²) in [6.07, 6.45) is 2.24. The maximum Gasteiger partial charge on any atom is 0.326 e. The Morgan fingerprint density at radius 1 is 1.24 bits per heavy atom. The summed E-state index contributed by atoms with van der Waals surface area (Å²) in [5, 5.41) is 11.8. The van der Waals surface area contributed by atoms with Gasteiger partial charge < -0.3 is 14.8 Å². The second-order valence-electron chi connectivity index (χ2n) is 4.67. The quantitative estimate of drug-likeness (QED) is 0.854. The third-order valence-corrected chi connectivity index (χ3v) is 3.20. The van der Waals surface area contributed by atoms with Crippen LogP contribution in [0.5, 0.6) is 0 Å². The molecule has 0 unspecified atom stereocenters. The first-order chi connectivity index (χ1) is 10.1. The molecule has 2 aromatic rings. The third-order valence-electron chi connectivity index (χ3n) is 3.20. The lowest BCUT2D eigenvalue weighted by atomic mass is 10.1. The molecule has 0 aliphatic rings. The molecular formula is C16H17NO4. The fourth-order valence-electron chi connectivity index (χ4n) is 2.10. The predicted molar refractivity (Wildman–Crippen MR) is 77.1 cm³/mol. The van der Waals surface area contributed by atoms with Gasteiger partial charge >= 0.3 is 5.97 Å². The zero-order chi connectivity index (χ0) is 15.2. The molecule has 5 heteroatoms. The minimum atomic E-state index is -1.06. The van der Waals surface area contributed by atoms with E-state index in [-0.39, 0.29) is 6.42 Å². The van der Waals surface area contributed by atoms with Crippen LogP contribution in [0.1, 0.15) is 28.6 Å². The van der Waals surface area contributed by atoms with Gasteiger partial charge in [-0.2, -0.15) is 0 Å². The Kier molecular flexibility index (Phi) is 4.77. The molecule has 0 spiro atoms. The Morgan fingerprint density at radius 2 is 1.95 bits per heavy atom. The van der Waals surface area contributed by atoms with Crippen LogP contribution >= 0.6 is 0 Å². The van der Waals surface area contributed by atoms with E-state index in [1.807, 2.05) is 37.3 Å². The topological polar surface area (TPSA) is 79.5 Å². The van der Waals surface area contributed by atoms with Gasteiger partial charge in [0.2, 0.25) is 0 Å². The highest BCUT2D eigenvalue weighted by Gasteiger charge is 2.23. The Hall–Kier alpha value is -2.56. The van der Waals surface area contributed by atoms with Crippen LogP contribution in [0, 0.1) is 0 Å². The number of carboxylic acids is 1. The first-order valence-corrected chi connectivity index (χ1v) is 6.75. The zero-order valence-corrected chi connectivity index (χ0v) is 11.7. The summed E-state index contributed by atoms with van der Waals surface area (Å²) in [6.45, 7) is 1.87. The summed E-state index contributed by atoms with van der Waals surface area (Å²) >= 11 is 0. The van der Waals surface area contributed by atoms with Gasteiger partial charge in [-0.25, -0.2) is 4.79 Å². The van der Waals surface area contributed by atoms with Crippen molar-refractivity contribution < 1.29 is 19.1 Å². The highest BCUT2D eigenvalue weighted by molar-refractivity contribution is 5.97. The van der Waals surface area contributed by atoms with Crippen molar-refractivity contribution >= 4 is 11.9 Å². The van der Waals surface area contributed by atoms with E-state index in [0.717, 1.165) is 5.56 Å². The number of nitrogens with one attached hydrogen (secondary N) is 1. The summed E-state index contributed by atoms with van der Waals surface area (Å²) in [4.78, 5) is 23.5. The van der Waals surface area contributed by atoms with E-state index >= 15 is 0 Å². The van der Waals surface area contributed by atoms with E-state index in [4.69, 9.17) is 4.42 Å². The second kappa shape index (κ2) is 6.74. The van der Waals surface area contributed by atoms with E-state index in [1.54, 1.807) is 6.07 Å². The molecule has 0 aliphatic heterocycles. The second-order valence-corrected chi connectivity index (χ2v) is 4.67. The van der Waals surface area contributed by atoms with Gasteiger partial charge in [-0.15, -0.1) is 0 Å². The number of aliphatic carboxylic acids is 1. The van der Waals surface area contributed by atoms with E-state index in [9.17, 15) is 14.7 Å². The fourth-order valence-corrected chi connectivity index (χ4v) is 2.10. The molecule has 21 heavy (non-hydrogen) atoms. The van der Waals surface area contributed by atoms with Crippen molar-refractivity contribution in [3.8, 4) is 0 Å². The number of hydrogen-bond acceptors (Lipinski definition) is 3. The van der Waals surface area contributed by atoms with E-state index in [2.05, 4.69) is 5.32 Å². The van der Waals surface area contributed by atoms with E-state index in [0.29, 0.717) is 17.7 Å². The van der Waals surface area contributed by atoms with Crippen molar-refractivity contribution in [2.24, 2.45) is 0 Å². The molecule has 0 saturated heterocycles. The standard InChI is InChI=1S/C16H17NO4/c1-2-14-12(8-9-21-14)15(18)17-13(16(19)20)10-11-6-4-3-5-7-11/h3-9,13H,2,10H2,1H3,(H,17,18)(H,19,20)/t13-/m1/s1. The first-order valence-electron chi connectivity index (χ1n) is 6.75. The number of carbonyl (C=O) groups excluding carboxylic acids is 1. The van der Waals surface area contributed by atoms with Gasteiger partial charge in [-0.05, 0) is 11.6 Å². The summed E-state index contributed by atoms with van der Waals surface area (Å²) in [5.74, 6) is -0.936. The molecule has 0 radical (unpaired) electrons. The number of amides is 1. The smallest absolute Gasteiger partial charge is 0.326 e. The molecule has 5 nitrogen and oxygen atoms in total. The van der Waals surface area contributed by atoms with Crippen LogP contribution in [0.25, 0.3) is 0 Å². The largest absolute Gasteiger partial charge is 0.480 e. The SMILES string of the molecule is CCc1occc1C(=O)N[C@H](Cc1ccccc1)C(=O)O. The molecule has 1 aromatic heterocycles. The molecule has 0 fully saturated rings. The van der Waals surface area contributed by atoms with Gasteiger partial charge in [0, 0.05) is 12.8 Å². The van der Waals surface area contributed by atoms with Crippen molar-refractivity contribution in [3.63, 3.8) is 0 Å². The van der Waals surface area contributed by atoms with Crippen molar-refractivity contribution in [1.29, 1.82) is 0 Å². The Labute approximate surface area is 122 Å². The predicted octanol–water partition coefficient (Wildman–Crippen LogP) is 2.27. The molecule has 2 N–H and O–H groups in total. The van der Waals surface area contributed by atoms with E-state index in [1.165, 1.54) is 6.26 Å². The van der Waals surface area contributed by atoms with Gasteiger partial charge in [-0.1, -0.05) is 37.3 Å². The van der Waals surface area contributed by atoms with Crippen molar-refractivity contribution in [2.45, 2.75) is 25.8 Å². The Balaban J connectivity index is 2.10. The number of benzene rings is 1. The number of carboxylic acid groups (broad SMARTS) is 1. The average molecular weight is 287 g/mol. The Morgan fingerprint density at radius 3 is 2.57 bits per heavy atom. The number of hydrogen-bond donors (Lipinski definition) is 2. The lowest BCUT2D eigenvalue weighted by Crippen LogP contribution is -2.42. The number of carbonyl (C=O) groups is 2. The van der Waals surface area contributed by atoms with Crippen LogP contribution in [0.15, 0.2) is 47.1 Å². The third kappa shape index (κ3) is 3.72. The molecule has 2 rings (SSSR count). The van der Waals surface area contributed by atoms with Crippen LogP contribution in [-0.4, -0.2) is 23.0 Å². The molecule has 0 aliphatic carbocycles. The van der Waals surface area contributed by atoms with Crippen molar-refractivity contribution in [3.05, 3.63) is 59.5 Å². The fraction of sp³-hybridized carbons (Fsp3) is 0.250.